The van der Waals surface area contributed by atoms with Crippen LogP contribution in [0.15, 0.2) is 34.9 Å². The van der Waals surface area contributed by atoms with Crippen LogP contribution in [0.2, 0.25) is 0 Å². The second kappa shape index (κ2) is 6.37. The molecule has 0 saturated carbocycles. The molecular weight excluding hydrogens is 266 g/mol. The quantitative estimate of drug-likeness (QED) is 0.909. The van der Waals surface area contributed by atoms with Crippen molar-refractivity contribution in [3.8, 4) is 0 Å². The van der Waals surface area contributed by atoms with Gasteiger partial charge in [-0.05, 0) is 31.4 Å². The summed E-state index contributed by atoms with van der Waals surface area (Å²) in [5.41, 5.74) is 1.17. The van der Waals surface area contributed by atoms with E-state index in [2.05, 4.69) is 27.2 Å². The maximum Gasteiger partial charge on any atom is 0.231 e. The summed E-state index contributed by atoms with van der Waals surface area (Å²) in [6.07, 6.45) is 1.46. The SMILES string of the molecule is CC(O)C1CCN(Cc2noc(Cc3ccccc3)n2)C1. The third kappa shape index (κ3) is 3.68. The van der Waals surface area contributed by atoms with Crippen molar-refractivity contribution in [3.05, 3.63) is 47.6 Å². The maximum atomic E-state index is 9.63. The predicted octanol–water partition coefficient (Wildman–Crippen LogP) is 1.86. The number of nitrogens with zero attached hydrogens (tertiary/aromatic N) is 3. The fourth-order valence-electron chi connectivity index (χ4n) is 2.80. The number of aliphatic hydroxyl groups is 1. The number of hydrogen-bond acceptors (Lipinski definition) is 5. The maximum absolute atomic E-state index is 9.63. The molecule has 5 nitrogen and oxygen atoms in total. The van der Waals surface area contributed by atoms with Crippen LogP contribution in [0.5, 0.6) is 0 Å². The molecule has 0 spiro atoms. The number of hydrogen-bond donors (Lipinski definition) is 1. The highest BCUT2D eigenvalue weighted by atomic mass is 16.5. The molecule has 1 fully saturated rings. The monoisotopic (exact) mass is 287 g/mol. The fraction of sp³-hybridized carbons (Fsp3) is 0.500. The van der Waals surface area contributed by atoms with E-state index in [0.29, 0.717) is 24.8 Å². The minimum absolute atomic E-state index is 0.242. The van der Waals surface area contributed by atoms with Gasteiger partial charge in [0.05, 0.1) is 19.1 Å². The summed E-state index contributed by atoms with van der Waals surface area (Å²) in [5, 5.41) is 13.7. The highest BCUT2D eigenvalue weighted by Gasteiger charge is 2.26. The van der Waals surface area contributed by atoms with Crippen molar-refractivity contribution in [2.45, 2.75) is 32.4 Å². The molecule has 2 aromatic rings. The van der Waals surface area contributed by atoms with Crippen LogP contribution in [-0.2, 0) is 13.0 Å². The van der Waals surface area contributed by atoms with Gasteiger partial charge in [0.1, 0.15) is 0 Å². The standard InChI is InChI=1S/C16H21N3O2/c1-12(20)14-7-8-19(10-14)11-15-17-16(21-18-15)9-13-5-3-2-4-6-13/h2-6,12,14,20H,7-11H2,1H3. The summed E-state index contributed by atoms with van der Waals surface area (Å²) in [5.74, 6) is 1.75. The number of aliphatic hydroxyl groups excluding tert-OH is 1. The Morgan fingerprint density at radius 3 is 2.90 bits per heavy atom. The summed E-state index contributed by atoms with van der Waals surface area (Å²) in [7, 11) is 0. The number of likely N-dealkylation sites (tertiary alicyclic amines) is 1. The molecule has 0 bridgehead atoms. The Labute approximate surface area is 124 Å². The normalized spacial score (nSPS) is 20.8. The average molecular weight is 287 g/mol. The van der Waals surface area contributed by atoms with Crippen molar-refractivity contribution in [1.82, 2.24) is 15.0 Å². The van der Waals surface area contributed by atoms with E-state index in [1.807, 2.05) is 25.1 Å². The van der Waals surface area contributed by atoms with Crippen LogP contribution in [0, 0.1) is 5.92 Å². The van der Waals surface area contributed by atoms with Gasteiger partial charge < -0.3 is 9.63 Å². The first-order valence-corrected chi connectivity index (χ1v) is 7.46. The van der Waals surface area contributed by atoms with E-state index < -0.39 is 0 Å². The first-order valence-electron chi connectivity index (χ1n) is 7.46. The van der Waals surface area contributed by atoms with Gasteiger partial charge in [0, 0.05) is 6.54 Å². The number of aromatic nitrogens is 2. The molecule has 1 aliphatic heterocycles. The Balaban J connectivity index is 1.56. The molecule has 0 radical (unpaired) electrons. The average Bonchev–Trinajstić information content (AvgIpc) is 3.10. The van der Waals surface area contributed by atoms with E-state index >= 15 is 0 Å². The fourth-order valence-corrected chi connectivity index (χ4v) is 2.80. The van der Waals surface area contributed by atoms with Crippen molar-refractivity contribution in [2.75, 3.05) is 13.1 Å². The van der Waals surface area contributed by atoms with Gasteiger partial charge in [-0.3, -0.25) is 4.90 Å². The van der Waals surface area contributed by atoms with Crippen LogP contribution in [0.1, 0.15) is 30.6 Å². The summed E-state index contributed by atoms with van der Waals surface area (Å²) >= 11 is 0. The molecule has 2 heterocycles. The highest BCUT2D eigenvalue weighted by molar-refractivity contribution is 5.17. The lowest BCUT2D eigenvalue weighted by Crippen LogP contribution is -2.24. The molecule has 2 unspecified atom stereocenters. The topological polar surface area (TPSA) is 62.4 Å². The van der Waals surface area contributed by atoms with Crippen LogP contribution in [0.25, 0.3) is 0 Å². The number of rotatable bonds is 5. The van der Waals surface area contributed by atoms with Gasteiger partial charge in [-0.15, -0.1) is 0 Å². The van der Waals surface area contributed by atoms with Crippen LogP contribution >= 0.6 is 0 Å². The van der Waals surface area contributed by atoms with Gasteiger partial charge in [-0.2, -0.15) is 4.98 Å². The van der Waals surface area contributed by atoms with E-state index in [9.17, 15) is 5.11 Å². The largest absolute Gasteiger partial charge is 0.393 e. The Hall–Kier alpha value is -1.72. The van der Waals surface area contributed by atoms with E-state index in [4.69, 9.17) is 4.52 Å². The lowest BCUT2D eigenvalue weighted by molar-refractivity contribution is 0.127. The second-order valence-electron chi connectivity index (χ2n) is 5.79. The lowest BCUT2D eigenvalue weighted by atomic mass is 10.0. The molecule has 112 valence electrons. The van der Waals surface area contributed by atoms with Crippen LogP contribution in [0.3, 0.4) is 0 Å². The van der Waals surface area contributed by atoms with E-state index in [0.717, 1.165) is 25.3 Å². The Bertz CT molecular complexity index is 568. The third-order valence-electron chi connectivity index (χ3n) is 4.06. The van der Waals surface area contributed by atoms with E-state index in [-0.39, 0.29) is 6.10 Å². The Kier molecular flexibility index (Phi) is 4.31. The van der Waals surface area contributed by atoms with Crippen LogP contribution in [-0.4, -0.2) is 39.3 Å². The van der Waals surface area contributed by atoms with Gasteiger partial charge in [0.25, 0.3) is 0 Å². The molecule has 1 aromatic heterocycles. The van der Waals surface area contributed by atoms with Crippen molar-refractivity contribution in [2.24, 2.45) is 5.92 Å². The molecule has 0 amide bonds. The zero-order valence-electron chi connectivity index (χ0n) is 12.3. The number of benzene rings is 1. The molecule has 21 heavy (non-hydrogen) atoms. The minimum atomic E-state index is -0.242. The molecule has 1 aliphatic rings. The van der Waals surface area contributed by atoms with Gasteiger partial charge in [-0.1, -0.05) is 35.5 Å². The summed E-state index contributed by atoms with van der Waals surface area (Å²) in [4.78, 5) is 6.73. The lowest BCUT2D eigenvalue weighted by Gasteiger charge is -2.15. The van der Waals surface area contributed by atoms with Crippen molar-refractivity contribution in [3.63, 3.8) is 0 Å². The van der Waals surface area contributed by atoms with Crippen molar-refractivity contribution in [1.29, 1.82) is 0 Å². The first kappa shape index (κ1) is 14.2. The minimum Gasteiger partial charge on any atom is -0.393 e. The molecule has 0 aliphatic carbocycles. The molecular formula is C16H21N3O2. The van der Waals surface area contributed by atoms with Gasteiger partial charge in [-0.25, -0.2) is 0 Å². The summed E-state index contributed by atoms with van der Waals surface area (Å²) < 4.78 is 5.32. The third-order valence-corrected chi connectivity index (χ3v) is 4.06. The predicted molar refractivity (Wildman–Crippen MR) is 78.6 cm³/mol. The highest BCUT2D eigenvalue weighted by Crippen LogP contribution is 2.21. The second-order valence-corrected chi connectivity index (χ2v) is 5.79. The zero-order valence-corrected chi connectivity index (χ0v) is 12.3. The molecule has 3 rings (SSSR count). The summed E-state index contributed by atoms with van der Waals surface area (Å²) in [6, 6.07) is 10.1. The van der Waals surface area contributed by atoms with Gasteiger partial charge >= 0.3 is 0 Å². The molecule has 5 heteroatoms. The molecule has 2 atom stereocenters. The van der Waals surface area contributed by atoms with Crippen molar-refractivity contribution < 1.29 is 9.63 Å². The van der Waals surface area contributed by atoms with Crippen LogP contribution in [0.4, 0.5) is 0 Å². The van der Waals surface area contributed by atoms with Gasteiger partial charge in [0.15, 0.2) is 5.82 Å². The smallest absolute Gasteiger partial charge is 0.231 e. The molecule has 1 saturated heterocycles. The van der Waals surface area contributed by atoms with E-state index in [1.165, 1.54) is 5.56 Å². The van der Waals surface area contributed by atoms with Gasteiger partial charge in [0.2, 0.25) is 5.89 Å². The molecule has 1 aromatic carbocycles. The van der Waals surface area contributed by atoms with E-state index in [1.54, 1.807) is 0 Å². The van der Waals surface area contributed by atoms with Crippen molar-refractivity contribution >= 4 is 0 Å². The zero-order chi connectivity index (χ0) is 14.7. The van der Waals surface area contributed by atoms with Crippen LogP contribution < -0.4 is 0 Å². The Morgan fingerprint density at radius 2 is 2.19 bits per heavy atom. The summed E-state index contributed by atoms with van der Waals surface area (Å²) in [6.45, 7) is 4.44. The first-order chi connectivity index (χ1) is 10.2. The Morgan fingerprint density at radius 1 is 1.38 bits per heavy atom. The molecule has 1 N–H and O–H groups in total.